The first kappa shape index (κ1) is 20.6. The van der Waals surface area contributed by atoms with Gasteiger partial charge in [0.05, 0.1) is 23.4 Å². The van der Waals surface area contributed by atoms with Gasteiger partial charge in [-0.3, -0.25) is 4.79 Å². The molecule has 1 aliphatic heterocycles. The van der Waals surface area contributed by atoms with Crippen LogP contribution in [0.4, 0.5) is 5.13 Å². The van der Waals surface area contributed by atoms with Crippen molar-refractivity contribution in [2.45, 2.75) is 13.8 Å². The van der Waals surface area contributed by atoms with Crippen LogP contribution in [-0.4, -0.2) is 55.2 Å². The van der Waals surface area contributed by atoms with Crippen molar-refractivity contribution in [1.82, 2.24) is 9.88 Å². The Kier molecular flexibility index (Phi) is 5.61. The number of aromatic nitrogens is 1. The summed E-state index contributed by atoms with van der Waals surface area (Å²) in [5.41, 5.74) is 1.59. The Bertz CT molecular complexity index is 1260. The van der Waals surface area contributed by atoms with Gasteiger partial charge in [0.1, 0.15) is 5.75 Å². The van der Waals surface area contributed by atoms with E-state index in [0.717, 1.165) is 39.6 Å². The normalized spacial score (nSPS) is 14.3. The summed E-state index contributed by atoms with van der Waals surface area (Å²) in [6.07, 6.45) is 0. The van der Waals surface area contributed by atoms with Crippen LogP contribution in [0.3, 0.4) is 0 Å². The Hall–Kier alpha value is -3.26. The van der Waals surface area contributed by atoms with Crippen LogP contribution in [0.25, 0.3) is 21.2 Å². The second kappa shape index (κ2) is 8.70. The Morgan fingerprint density at radius 2 is 1.88 bits per heavy atom. The Morgan fingerprint density at radius 3 is 2.66 bits per heavy atom. The van der Waals surface area contributed by atoms with Crippen LogP contribution < -0.4 is 14.4 Å². The van der Waals surface area contributed by atoms with E-state index in [1.165, 1.54) is 0 Å². The quantitative estimate of drug-likeness (QED) is 0.419. The first-order valence-electron chi connectivity index (χ1n) is 10.9. The van der Waals surface area contributed by atoms with Gasteiger partial charge in [0, 0.05) is 31.6 Å². The largest absolute Gasteiger partial charge is 0.494 e. The maximum absolute atomic E-state index is 13.1. The highest BCUT2D eigenvalue weighted by molar-refractivity contribution is 7.22. The van der Waals surface area contributed by atoms with E-state index in [9.17, 15) is 4.79 Å². The van der Waals surface area contributed by atoms with E-state index in [2.05, 4.69) is 4.90 Å². The molecule has 0 aliphatic carbocycles. The third kappa shape index (κ3) is 3.86. The van der Waals surface area contributed by atoms with E-state index in [-0.39, 0.29) is 5.91 Å². The number of carbonyl (C=O) groups is 1. The molecule has 0 unspecified atom stereocenters. The van der Waals surface area contributed by atoms with Crippen LogP contribution in [0.2, 0.25) is 0 Å². The maximum Gasteiger partial charge on any atom is 0.289 e. The number of nitrogens with zero attached hydrogens (tertiary/aromatic N) is 3. The van der Waals surface area contributed by atoms with Crippen molar-refractivity contribution in [3.05, 3.63) is 48.2 Å². The molecular weight excluding hydrogens is 426 g/mol. The van der Waals surface area contributed by atoms with Crippen molar-refractivity contribution in [3.8, 4) is 11.5 Å². The SMILES string of the molecule is CCOc1ccc2nc(N3CCN(C(=O)c4cc5cccc(OCC)c5o4)CC3)sc2c1. The molecule has 5 rings (SSSR count). The zero-order valence-corrected chi connectivity index (χ0v) is 19.0. The molecule has 7 nitrogen and oxygen atoms in total. The number of benzene rings is 2. The lowest BCUT2D eigenvalue weighted by atomic mass is 10.2. The van der Waals surface area contributed by atoms with E-state index < -0.39 is 0 Å². The molecule has 0 saturated carbocycles. The molecular formula is C24H25N3O4S. The number of thiazole rings is 1. The molecule has 2 aromatic heterocycles. The van der Waals surface area contributed by atoms with E-state index >= 15 is 0 Å². The zero-order valence-electron chi connectivity index (χ0n) is 18.2. The van der Waals surface area contributed by atoms with Crippen molar-refractivity contribution in [2.75, 3.05) is 44.3 Å². The number of fused-ring (bicyclic) bond motifs is 2. The molecule has 2 aromatic carbocycles. The highest BCUT2D eigenvalue weighted by Crippen LogP contribution is 2.33. The summed E-state index contributed by atoms with van der Waals surface area (Å²) in [5.74, 6) is 1.79. The third-order valence-electron chi connectivity index (χ3n) is 5.52. The number of piperazine rings is 1. The van der Waals surface area contributed by atoms with Gasteiger partial charge in [-0.05, 0) is 44.2 Å². The highest BCUT2D eigenvalue weighted by Gasteiger charge is 2.26. The minimum absolute atomic E-state index is 0.0889. The standard InChI is InChI=1S/C24H25N3O4S/c1-3-29-17-8-9-18-21(15-17)32-24(25-18)27-12-10-26(11-13-27)23(28)20-14-16-6-5-7-19(30-4-2)22(16)31-20/h5-9,14-15H,3-4,10-13H2,1-2H3. The van der Waals surface area contributed by atoms with Gasteiger partial charge in [0.15, 0.2) is 22.2 Å². The van der Waals surface area contributed by atoms with Gasteiger partial charge < -0.3 is 23.7 Å². The van der Waals surface area contributed by atoms with Crippen LogP contribution in [0.5, 0.6) is 11.5 Å². The van der Waals surface area contributed by atoms with Crippen LogP contribution >= 0.6 is 11.3 Å². The number of para-hydroxylation sites is 1. The third-order valence-corrected chi connectivity index (χ3v) is 6.59. The van der Waals surface area contributed by atoms with Crippen LogP contribution in [0.1, 0.15) is 24.4 Å². The summed E-state index contributed by atoms with van der Waals surface area (Å²) in [7, 11) is 0. The molecule has 0 radical (unpaired) electrons. The molecule has 4 aromatic rings. The lowest BCUT2D eigenvalue weighted by Gasteiger charge is -2.34. The fourth-order valence-electron chi connectivity index (χ4n) is 3.95. The molecule has 3 heterocycles. The summed E-state index contributed by atoms with van der Waals surface area (Å²) in [4.78, 5) is 21.9. The Morgan fingerprint density at radius 1 is 1.06 bits per heavy atom. The molecule has 0 spiro atoms. The van der Waals surface area contributed by atoms with Crippen LogP contribution in [-0.2, 0) is 0 Å². The Balaban J connectivity index is 1.28. The second-order valence-corrected chi connectivity index (χ2v) is 8.57. The van der Waals surface area contributed by atoms with Crippen LogP contribution in [0.15, 0.2) is 46.9 Å². The van der Waals surface area contributed by atoms with Gasteiger partial charge in [0.2, 0.25) is 0 Å². The van der Waals surface area contributed by atoms with Crippen LogP contribution in [0, 0.1) is 0 Å². The predicted octanol–water partition coefficient (Wildman–Crippen LogP) is 4.80. The number of amides is 1. The fraction of sp³-hybridized carbons (Fsp3) is 0.333. The maximum atomic E-state index is 13.1. The highest BCUT2D eigenvalue weighted by atomic mass is 32.1. The van der Waals surface area contributed by atoms with Gasteiger partial charge in [-0.1, -0.05) is 23.5 Å². The van der Waals surface area contributed by atoms with Crippen molar-refractivity contribution in [2.24, 2.45) is 0 Å². The van der Waals surface area contributed by atoms with Gasteiger partial charge >= 0.3 is 0 Å². The summed E-state index contributed by atoms with van der Waals surface area (Å²) in [6.45, 7) is 7.79. The molecule has 0 N–H and O–H groups in total. The van der Waals surface area contributed by atoms with E-state index in [1.54, 1.807) is 17.4 Å². The van der Waals surface area contributed by atoms with Crippen molar-refractivity contribution in [3.63, 3.8) is 0 Å². The number of rotatable bonds is 6. The average Bonchev–Trinajstić information content (AvgIpc) is 3.44. The number of hydrogen-bond acceptors (Lipinski definition) is 7. The minimum Gasteiger partial charge on any atom is -0.494 e. The molecule has 166 valence electrons. The summed E-state index contributed by atoms with van der Waals surface area (Å²) >= 11 is 1.66. The van der Waals surface area contributed by atoms with E-state index in [1.807, 2.05) is 55.1 Å². The summed E-state index contributed by atoms with van der Waals surface area (Å²) < 4.78 is 18.2. The number of furan rings is 1. The smallest absolute Gasteiger partial charge is 0.289 e. The van der Waals surface area contributed by atoms with E-state index in [0.29, 0.717) is 43.4 Å². The molecule has 1 aliphatic rings. The Labute approximate surface area is 190 Å². The molecule has 1 saturated heterocycles. The number of carbonyl (C=O) groups excluding carboxylic acids is 1. The molecule has 1 fully saturated rings. The van der Waals surface area contributed by atoms with Gasteiger partial charge in [-0.15, -0.1) is 0 Å². The van der Waals surface area contributed by atoms with Gasteiger partial charge in [0.25, 0.3) is 5.91 Å². The van der Waals surface area contributed by atoms with E-state index in [4.69, 9.17) is 18.9 Å². The number of ether oxygens (including phenoxy) is 2. The molecule has 1 amide bonds. The molecule has 32 heavy (non-hydrogen) atoms. The lowest BCUT2D eigenvalue weighted by molar-refractivity contribution is 0.0717. The first-order valence-corrected chi connectivity index (χ1v) is 11.7. The average molecular weight is 452 g/mol. The fourth-order valence-corrected chi connectivity index (χ4v) is 5.00. The number of anilines is 1. The summed E-state index contributed by atoms with van der Waals surface area (Å²) in [5, 5.41) is 1.85. The lowest BCUT2D eigenvalue weighted by Crippen LogP contribution is -2.48. The molecule has 8 heteroatoms. The van der Waals surface area contributed by atoms with Crippen molar-refractivity contribution >= 4 is 43.6 Å². The second-order valence-electron chi connectivity index (χ2n) is 7.56. The van der Waals surface area contributed by atoms with Gasteiger partial charge in [-0.25, -0.2) is 4.98 Å². The minimum atomic E-state index is -0.0889. The first-order chi connectivity index (χ1) is 15.7. The molecule has 0 bridgehead atoms. The topological polar surface area (TPSA) is 68.0 Å². The monoisotopic (exact) mass is 451 g/mol. The summed E-state index contributed by atoms with van der Waals surface area (Å²) in [6, 6.07) is 13.5. The zero-order chi connectivity index (χ0) is 22.1. The number of hydrogen-bond donors (Lipinski definition) is 0. The predicted molar refractivity (Wildman–Crippen MR) is 126 cm³/mol. The van der Waals surface area contributed by atoms with Gasteiger partial charge in [-0.2, -0.15) is 0 Å². The van der Waals surface area contributed by atoms with Crippen molar-refractivity contribution in [1.29, 1.82) is 0 Å². The van der Waals surface area contributed by atoms with Crippen molar-refractivity contribution < 1.29 is 18.7 Å². The molecule has 0 atom stereocenters.